The minimum Gasteiger partial charge on any atom is -0.389 e. The molecular weight excluding hydrogens is 295 g/mol. The highest BCUT2D eigenvalue weighted by molar-refractivity contribution is 6.33. The van der Waals surface area contributed by atoms with Crippen molar-refractivity contribution in [3.63, 3.8) is 0 Å². The first kappa shape index (κ1) is 17.1. The maximum Gasteiger partial charge on any atom is 0.416 e. The molecule has 0 saturated carbocycles. The lowest BCUT2D eigenvalue weighted by Gasteiger charge is -2.16. The number of benzene rings is 1. The molecule has 0 fully saturated rings. The van der Waals surface area contributed by atoms with Gasteiger partial charge in [-0.3, -0.25) is 0 Å². The number of ether oxygens (including phenoxy) is 1. The van der Waals surface area contributed by atoms with E-state index in [1.165, 1.54) is 6.07 Å². The highest BCUT2D eigenvalue weighted by atomic mass is 35.5. The Balaban J connectivity index is 2.57. The number of anilines is 1. The summed E-state index contributed by atoms with van der Waals surface area (Å²) in [7, 11) is 0. The van der Waals surface area contributed by atoms with E-state index in [-0.39, 0.29) is 24.3 Å². The van der Waals surface area contributed by atoms with Gasteiger partial charge in [0, 0.05) is 6.54 Å². The summed E-state index contributed by atoms with van der Waals surface area (Å²) in [5.41, 5.74) is -0.472. The van der Waals surface area contributed by atoms with E-state index in [1.807, 2.05) is 13.8 Å². The van der Waals surface area contributed by atoms with Crippen LogP contribution in [0.5, 0.6) is 0 Å². The Morgan fingerprint density at radius 2 is 2.00 bits per heavy atom. The van der Waals surface area contributed by atoms with Gasteiger partial charge in [-0.15, -0.1) is 0 Å². The van der Waals surface area contributed by atoms with Crippen molar-refractivity contribution in [2.45, 2.75) is 32.2 Å². The molecule has 0 heterocycles. The smallest absolute Gasteiger partial charge is 0.389 e. The van der Waals surface area contributed by atoms with Crippen LogP contribution in [-0.2, 0) is 10.9 Å². The van der Waals surface area contributed by atoms with E-state index in [0.717, 1.165) is 12.1 Å². The fourth-order valence-electron chi connectivity index (χ4n) is 1.43. The van der Waals surface area contributed by atoms with Crippen LogP contribution in [-0.4, -0.2) is 30.5 Å². The summed E-state index contributed by atoms with van der Waals surface area (Å²) in [5, 5.41) is 12.4. The van der Waals surface area contributed by atoms with Crippen LogP contribution in [0.2, 0.25) is 5.02 Å². The van der Waals surface area contributed by atoms with E-state index in [4.69, 9.17) is 16.3 Å². The van der Waals surface area contributed by atoms with Crippen LogP contribution in [0.1, 0.15) is 19.4 Å². The fourth-order valence-corrected chi connectivity index (χ4v) is 1.67. The number of halogens is 4. The molecule has 1 unspecified atom stereocenters. The predicted octanol–water partition coefficient (Wildman–Crippen LogP) is 3.56. The van der Waals surface area contributed by atoms with Crippen molar-refractivity contribution >= 4 is 17.3 Å². The van der Waals surface area contributed by atoms with Crippen LogP contribution in [0.4, 0.5) is 18.9 Å². The molecule has 3 nitrogen and oxygen atoms in total. The molecule has 7 heteroatoms. The Hall–Kier alpha value is -0.980. The third-order valence-electron chi connectivity index (χ3n) is 2.45. The average Bonchev–Trinajstić information content (AvgIpc) is 2.33. The Kier molecular flexibility index (Phi) is 6.10. The first-order chi connectivity index (χ1) is 9.20. The molecule has 0 spiro atoms. The van der Waals surface area contributed by atoms with Gasteiger partial charge >= 0.3 is 6.18 Å². The quantitative estimate of drug-likeness (QED) is 0.844. The molecule has 0 radical (unpaired) electrons. The number of aliphatic hydroxyl groups excluding tert-OH is 1. The van der Waals surface area contributed by atoms with Crippen LogP contribution in [0.15, 0.2) is 18.2 Å². The van der Waals surface area contributed by atoms with Gasteiger partial charge < -0.3 is 15.2 Å². The zero-order chi connectivity index (χ0) is 15.3. The zero-order valence-corrected chi connectivity index (χ0v) is 11.9. The van der Waals surface area contributed by atoms with Gasteiger partial charge in [-0.2, -0.15) is 13.2 Å². The second-order valence-corrected chi connectivity index (χ2v) is 5.02. The summed E-state index contributed by atoms with van der Waals surface area (Å²) in [5.74, 6) is 0. The van der Waals surface area contributed by atoms with Gasteiger partial charge in [-0.05, 0) is 32.0 Å². The lowest BCUT2D eigenvalue weighted by atomic mass is 10.2. The molecule has 0 aromatic heterocycles. The lowest BCUT2D eigenvalue weighted by Crippen LogP contribution is -2.26. The highest BCUT2D eigenvalue weighted by Crippen LogP contribution is 2.33. The monoisotopic (exact) mass is 311 g/mol. The molecular formula is C13H17ClF3NO2. The third kappa shape index (κ3) is 5.56. The number of alkyl halides is 3. The number of nitrogens with one attached hydrogen (secondary N) is 1. The summed E-state index contributed by atoms with van der Waals surface area (Å²) >= 11 is 5.77. The first-order valence-corrected chi connectivity index (χ1v) is 6.48. The molecule has 0 bridgehead atoms. The van der Waals surface area contributed by atoms with Crippen molar-refractivity contribution in [3.05, 3.63) is 28.8 Å². The van der Waals surface area contributed by atoms with Crippen LogP contribution in [0, 0.1) is 0 Å². The lowest BCUT2D eigenvalue weighted by molar-refractivity contribution is -0.137. The molecule has 0 aliphatic heterocycles. The second-order valence-electron chi connectivity index (χ2n) is 4.61. The number of hydrogen-bond acceptors (Lipinski definition) is 3. The SMILES string of the molecule is CC(C)OCC(O)CNc1ccc(C(F)(F)F)cc1Cl. The molecule has 0 amide bonds. The van der Waals surface area contributed by atoms with Gasteiger partial charge in [-0.1, -0.05) is 11.6 Å². The van der Waals surface area contributed by atoms with Crippen molar-refractivity contribution < 1.29 is 23.0 Å². The van der Waals surface area contributed by atoms with Crippen LogP contribution >= 0.6 is 11.6 Å². The highest BCUT2D eigenvalue weighted by Gasteiger charge is 2.30. The molecule has 1 aromatic carbocycles. The average molecular weight is 312 g/mol. The van der Waals surface area contributed by atoms with Crippen molar-refractivity contribution in [1.29, 1.82) is 0 Å². The molecule has 114 valence electrons. The first-order valence-electron chi connectivity index (χ1n) is 6.10. The third-order valence-corrected chi connectivity index (χ3v) is 2.76. The molecule has 0 saturated heterocycles. The summed E-state index contributed by atoms with van der Waals surface area (Å²) in [6.07, 6.45) is -5.19. The van der Waals surface area contributed by atoms with E-state index >= 15 is 0 Å². The minimum absolute atomic E-state index is 0.000642. The molecule has 0 aliphatic carbocycles. The Morgan fingerprint density at radius 3 is 2.50 bits per heavy atom. The Morgan fingerprint density at radius 1 is 1.35 bits per heavy atom. The van der Waals surface area contributed by atoms with E-state index in [0.29, 0.717) is 5.69 Å². The van der Waals surface area contributed by atoms with E-state index < -0.39 is 17.8 Å². The van der Waals surface area contributed by atoms with Crippen molar-refractivity contribution in [3.8, 4) is 0 Å². The maximum absolute atomic E-state index is 12.5. The number of hydrogen-bond donors (Lipinski definition) is 2. The van der Waals surface area contributed by atoms with E-state index in [1.54, 1.807) is 0 Å². The summed E-state index contributed by atoms with van der Waals surface area (Å²) in [4.78, 5) is 0. The molecule has 20 heavy (non-hydrogen) atoms. The Bertz CT molecular complexity index is 438. The number of rotatable bonds is 6. The summed E-state index contributed by atoms with van der Waals surface area (Å²) in [6.45, 7) is 3.96. The maximum atomic E-state index is 12.5. The van der Waals surface area contributed by atoms with Gasteiger partial charge in [0.15, 0.2) is 0 Å². The van der Waals surface area contributed by atoms with Gasteiger partial charge in [0.1, 0.15) is 0 Å². The van der Waals surface area contributed by atoms with Gasteiger partial charge in [0.2, 0.25) is 0 Å². The standard InChI is InChI=1S/C13H17ClF3NO2/c1-8(2)20-7-10(19)6-18-12-4-3-9(5-11(12)14)13(15,16)17/h3-5,8,10,18-19H,6-7H2,1-2H3. The van der Waals surface area contributed by atoms with Crippen molar-refractivity contribution in [2.75, 3.05) is 18.5 Å². The van der Waals surface area contributed by atoms with Crippen molar-refractivity contribution in [2.24, 2.45) is 0 Å². The summed E-state index contributed by atoms with van der Waals surface area (Å²) < 4.78 is 42.6. The molecule has 2 N–H and O–H groups in total. The number of aliphatic hydroxyl groups is 1. The van der Waals surface area contributed by atoms with Crippen LogP contribution in [0.25, 0.3) is 0 Å². The molecule has 1 rings (SSSR count). The van der Waals surface area contributed by atoms with Gasteiger partial charge in [-0.25, -0.2) is 0 Å². The summed E-state index contributed by atoms with van der Waals surface area (Å²) in [6, 6.07) is 3.02. The predicted molar refractivity (Wildman–Crippen MR) is 72.0 cm³/mol. The van der Waals surface area contributed by atoms with E-state index in [2.05, 4.69) is 5.32 Å². The molecule has 1 atom stereocenters. The fraction of sp³-hybridized carbons (Fsp3) is 0.538. The molecule has 1 aromatic rings. The largest absolute Gasteiger partial charge is 0.416 e. The van der Waals surface area contributed by atoms with Crippen LogP contribution in [0.3, 0.4) is 0 Å². The Labute approximate surface area is 120 Å². The van der Waals surface area contributed by atoms with Crippen LogP contribution < -0.4 is 5.32 Å². The molecule has 0 aliphatic rings. The van der Waals surface area contributed by atoms with Gasteiger partial charge in [0.25, 0.3) is 0 Å². The van der Waals surface area contributed by atoms with E-state index in [9.17, 15) is 18.3 Å². The minimum atomic E-state index is -4.42. The normalized spacial score (nSPS) is 13.6. The van der Waals surface area contributed by atoms with Gasteiger partial charge in [0.05, 0.1) is 35.1 Å². The topological polar surface area (TPSA) is 41.5 Å². The zero-order valence-electron chi connectivity index (χ0n) is 11.2. The second kappa shape index (κ2) is 7.15. The van der Waals surface area contributed by atoms with Crippen molar-refractivity contribution in [1.82, 2.24) is 0 Å².